The Morgan fingerprint density at radius 3 is 2.07 bits per heavy atom. The number of urea groups is 1. The average Bonchev–Trinajstić information content (AvgIpc) is 2.87. The highest BCUT2D eigenvalue weighted by atomic mass is 35.6. The molecule has 0 spiro atoms. The number of ether oxygens (including phenoxy) is 1. The molecule has 4 aromatic rings. The third-order valence-electron chi connectivity index (χ3n) is 5.38. The lowest BCUT2D eigenvalue weighted by molar-refractivity contribution is 0.0967. The van der Waals surface area contributed by atoms with Crippen molar-refractivity contribution in [3.63, 3.8) is 0 Å². The van der Waals surface area contributed by atoms with E-state index in [2.05, 4.69) is 5.32 Å². The molecule has 0 bridgehead atoms. The van der Waals surface area contributed by atoms with Crippen LogP contribution < -0.4 is 15.4 Å². The van der Waals surface area contributed by atoms with Crippen molar-refractivity contribution >= 4 is 121 Å². The molecular formula is C26H13Cl7F2N2O3S. The fourth-order valence-electron chi connectivity index (χ4n) is 3.71. The first-order valence-electron chi connectivity index (χ1n) is 11.1. The SMILES string of the molecule is O=C(NC(=O)c1ccccc1Cl)Nc1ccc(Oc2ccc(SC(Cl)(Cl)Cl)c3c(Cl)ccc(Cl)c23)c(Cl)c1C(F)F. The minimum absolute atomic E-state index is 0.0180. The van der Waals surface area contributed by atoms with Crippen LogP contribution >= 0.6 is 93.0 Å². The Bertz CT molecular complexity index is 1670. The molecule has 0 unspecified atom stereocenters. The Kier molecular flexibility index (Phi) is 10.3. The lowest BCUT2D eigenvalue weighted by Crippen LogP contribution is -2.34. The fraction of sp³-hybridized carbons (Fsp3) is 0.0769. The highest BCUT2D eigenvalue weighted by Gasteiger charge is 2.27. The largest absolute Gasteiger partial charge is 0.455 e. The van der Waals surface area contributed by atoms with Gasteiger partial charge in [0.05, 0.1) is 31.9 Å². The van der Waals surface area contributed by atoms with Crippen LogP contribution in [0, 0.1) is 0 Å². The van der Waals surface area contributed by atoms with Crippen molar-refractivity contribution in [2.45, 2.75) is 14.4 Å². The molecule has 0 aliphatic carbocycles. The van der Waals surface area contributed by atoms with Crippen LogP contribution in [-0.2, 0) is 0 Å². The van der Waals surface area contributed by atoms with E-state index in [1.54, 1.807) is 24.3 Å². The highest BCUT2D eigenvalue weighted by molar-refractivity contribution is 8.05. The predicted molar refractivity (Wildman–Crippen MR) is 165 cm³/mol. The number of hydrogen-bond acceptors (Lipinski definition) is 4. The van der Waals surface area contributed by atoms with Crippen molar-refractivity contribution in [3.8, 4) is 11.5 Å². The zero-order valence-corrected chi connectivity index (χ0v) is 26.0. The number of nitrogens with one attached hydrogen (secondary N) is 2. The average molecular weight is 720 g/mol. The van der Waals surface area contributed by atoms with Crippen LogP contribution in [0.5, 0.6) is 11.5 Å². The number of thioether (sulfide) groups is 1. The van der Waals surface area contributed by atoms with Gasteiger partial charge in [0.2, 0.25) is 3.12 Å². The van der Waals surface area contributed by atoms with E-state index in [0.717, 1.165) is 17.8 Å². The van der Waals surface area contributed by atoms with E-state index in [4.69, 9.17) is 85.9 Å². The summed E-state index contributed by atoms with van der Waals surface area (Å²) in [5.41, 5.74) is -1.09. The molecule has 0 atom stereocenters. The number of alkyl halides is 5. The highest BCUT2D eigenvalue weighted by Crippen LogP contribution is 2.50. The molecule has 41 heavy (non-hydrogen) atoms. The Labute approximate surface area is 271 Å². The first-order valence-corrected chi connectivity index (χ1v) is 14.5. The number of rotatable bonds is 6. The molecule has 4 aromatic carbocycles. The molecule has 4 rings (SSSR count). The van der Waals surface area contributed by atoms with Crippen LogP contribution in [0.2, 0.25) is 20.1 Å². The van der Waals surface area contributed by atoms with Gasteiger partial charge in [0.15, 0.2) is 0 Å². The summed E-state index contributed by atoms with van der Waals surface area (Å²) in [4.78, 5) is 25.3. The van der Waals surface area contributed by atoms with Crippen molar-refractivity contribution in [1.82, 2.24) is 5.32 Å². The second-order valence-electron chi connectivity index (χ2n) is 8.02. The molecule has 0 aliphatic rings. The molecule has 0 aliphatic heterocycles. The van der Waals surface area contributed by atoms with E-state index in [1.807, 2.05) is 5.32 Å². The van der Waals surface area contributed by atoms with Crippen LogP contribution in [0.15, 0.2) is 65.6 Å². The number of anilines is 1. The first-order chi connectivity index (χ1) is 19.3. The van der Waals surface area contributed by atoms with Gasteiger partial charge in [0.1, 0.15) is 11.5 Å². The van der Waals surface area contributed by atoms with E-state index in [1.165, 1.54) is 30.3 Å². The van der Waals surface area contributed by atoms with Crippen LogP contribution in [-0.4, -0.2) is 15.1 Å². The molecule has 3 amide bonds. The Balaban J connectivity index is 1.67. The predicted octanol–water partition coefficient (Wildman–Crippen LogP) is 11.6. The molecule has 0 saturated carbocycles. The van der Waals surface area contributed by atoms with E-state index in [9.17, 15) is 18.4 Å². The maximum atomic E-state index is 14.1. The number of benzene rings is 4. The quantitative estimate of drug-likeness (QED) is 0.154. The lowest BCUT2D eigenvalue weighted by Gasteiger charge is -2.19. The monoisotopic (exact) mass is 716 g/mol. The molecule has 0 aromatic heterocycles. The van der Waals surface area contributed by atoms with Gasteiger partial charge in [0.25, 0.3) is 12.3 Å². The first kappa shape index (κ1) is 32.0. The van der Waals surface area contributed by atoms with Crippen LogP contribution in [0.4, 0.5) is 19.3 Å². The molecule has 0 radical (unpaired) electrons. The second kappa shape index (κ2) is 13.2. The summed E-state index contributed by atoms with van der Waals surface area (Å²) in [6.07, 6.45) is -3.14. The topological polar surface area (TPSA) is 67.4 Å². The Morgan fingerprint density at radius 1 is 0.805 bits per heavy atom. The third-order valence-corrected chi connectivity index (χ3v) is 8.22. The van der Waals surface area contributed by atoms with E-state index in [-0.39, 0.29) is 37.8 Å². The lowest BCUT2D eigenvalue weighted by atomic mass is 10.1. The number of fused-ring (bicyclic) bond motifs is 1. The molecule has 2 N–H and O–H groups in total. The van der Waals surface area contributed by atoms with E-state index < -0.39 is 32.1 Å². The summed E-state index contributed by atoms with van der Waals surface area (Å²) in [6.45, 7) is 0. The van der Waals surface area contributed by atoms with Gasteiger partial charge in [-0.2, -0.15) is 0 Å². The van der Waals surface area contributed by atoms with Crippen molar-refractivity contribution in [3.05, 3.63) is 91.9 Å². The van der Waals surface area contributed by atoms with Crippen LogP contribution in [0.25, 0.3) is 10.8 Å². The van der Waals surface area contributed by atoms with Crippen molar-refractivity contribution in [2.75, 3.05) is 5.32 Å². The van der Waals surface area contributed by atoms with Crippen molar-refractivity contribution < 1.29 is 23.1 Å². The number of imide groups is 1. The van der Waals surface area contributed by atoms with E-state index >= 15 is 0 Å². The molecule has 15 heteroatoms. The molecule has 0 heterocycles. The number of carbonyl (C=O) groups excluding carboxylic acids is 2. The van der Waals surface area contributed by atoms with Crippen LogP contribution in [0.3, 0.4) is 0 Å². The van der Waals surface area contributed by atoms with Gasteiger partial charge in [-0.15, -0.1) is 0 Å². The second-order valence-corrected chi connectivity index (χ2v) is 13.8. The van der Waals surface area contributed by atoms with Gasteiger partial charge >= 0.3 is 6.03 Å². The van der Waals surface area contributed by atoms with Gasteiger partial charge in [0, 0.05) is 20.7 Å². The maximum absolute atomic E-state index is 14.1. The Morgan fingerprint density at radius 2 is 1.44 bits per heavy atom. The minimum atomic E-state index is -3.14. The molecule has 5 nitrogen and oxygen atoms in total. The van der Waals surface area contributed by atoms with Gasteiger partial charge in [-0.1, -0.05) is 105 Å². The smallest absolute Gasteiger partial charge is 0.326 e. The van der Waals surface area contributed by atoms with Gasteiger partial charge in [-0.05, 0) is 48.5 Å². The molecular weight excluding hydrogens is 707 g/mol. The number of hydrogen-bond donors (Lipinski definition) is 2. The summed E-state index contributed by atoms with van der Waals surface area (Å²) in [7, 11) is 0. The van der Waals surface area contributed by atoms with Gasteiger partial charge in [-0.25, -0.2) is 13.6 Å². The third kappa shape index (κ3) is 7.56. The van der Waals surface area contributed by atoms with E-state index in [0.29, 0.717) is 15.7 Å². The summed E-state index contributed by atoms with van der Waals surface area (Å²) < 4.78 is 32.5. The minimum Gasteiger partial charge on any atom is -0.455 e. The summed E-state index contributed by atoms with van der Waals surface area (Å²) in [5.74, 6) is -0.900. The van der Waals surface area contributed by atoms with Crippen LogP contribution in [0.1, 0.15) is 22.3 Å². The fourth-order valence-corrected chi connectivity index (χ4v) is 6.23. The number of halogens is 9. The molecule has 214 valence electrons. The summed E-state index contributed by atoms with van der Waals surface area (Å²) >= 11 is 43.9. The summed E-state index contributed by atoms with van der Waals surface area (Å²) in [5, 5.41) is 5.03. The molecule has 0 fully saturated rings. The number of amides is 3. The normalized spacial score (nSPS) is 11.6. The van der Waals surface area contributed by atoms with Gasteiger partial charge < -0.3 is 10.1 Å². The molecule has 0 saturated heterocycles. The van der Waals surface area contributed by atoms with Gasteiger partial charge in [-0.3, -0.25) is 10.1 Å². The van der Waals surface area contributed by atoms with Crippen molar-refractivity contribution in [2.24, 2.45) is 0 Å². The summed E-state index contributed by atoms with van der Waals surface area (Å²) in [6, 6.07) is 13.4. The maximum Gasteiger partial charge on any atom is 0.326 e. The van der Waals surface area contributed by atoms with Crippen molar-refractivity contribution in [1.29, 1.82) is 0 Å². The Hall–Kier alpha value is -1.88. The standard InChI is InChI=1S/C26H13Cl7F2N2O3S/c27-12-4-2-1-3-11(12)24(38)37-25(39)36-15-7-8-17(22(30)21(15)23(34)35)40-16-9-10-18(41-26(31,32)33)20-14(29)6-5-13(28)19(16)20/h1-10,23H,(H2,36,37,38,39). The zero-order chi connectivity index (χ0) is 30.1. The number of carbonyl (C=O) groups is 2. The zero-order valence-electron chi connectivity index (χ0n) is 19.9.